The minimum absolute atomic E-state index is 0.0321. The second-order valence-electron chi connectivity index (χ2n) is 6.58. The van der Waals surface area contributed by atoms with Crippen molar-refractivity contribution in [1.29, 1.82) is 0 Å². The first kappa shape index (κ1) is 18.8. The van der Waals surface area contributed by atoms with Crippen molar-refractivity contribution in [2.75, 3.05) is 7.11 Å². The van der Waals surface area contributed by atoms with Crippen LogP contribution in [0.2, 0.25) is 5.02 Å². The summed E-state index contributed by atoms with van der Waals surface area (Å²) in [6, 6.07) is 10.5. The number of phenols is 1. The van der Waals surface area contributed by atoms with E-state index in [1.807, 2.05) is 12.1 Å². The van der Waals surface area contributed by atoms with Crippen molar-refractivity contribution in [2.45, 2.75) is 26.2 Å². The molecule has 0 radical (unpaired) electrons. The topological polar surface area (TPSA) is 70.9 Å². The largest absolute Gasteiger partial charge is 0.503 e. The lowest BCUT2D eigenvalue weighted by atomic mass is 9.87. The molecule has 0 heterocycles. The summed E-state index contributed by atoms with van der Waals surface area (Å²) in [5.41, 5.74) is 4.75. The number of ether oxygens (including phenoxy) is 1. The van der Waals surface area contributed by atoms with E-state index in [4.69, 9.17) is 16.3 Å². The van der Waals surface area contributed by atoms with Crippen LogP contribution >= 0.6 is 11.6 Å². The molecule has 0 saturated heterocycles. The van der Waals surface area contributed by atoms with Crippen LogP contribution in [0.4, 0.5) is 0 Å². The maximum absolute atomic E-state index is 12.1. The maximum Gasteiger partial charge on any atom is 0.271 e. The van der Waals surface area contributed by atoms with E-state index in [0.717, 1.165) is 5.56 Å². The van der Waals surface area contributed by atoms with Gasteiger partial charge >= 0.3 is 0 Å². The normalized spacial score (nSPS) is 11.6. The Kier molecular flexibility index (Phi) is 5.69. The Labute approximate surface area is 152 Å². The predicted octanol–water partition coefficient (Wildman–Crippen LogP) is 4.12. The van der Waals surface area contributed by atoms with E-state index in [-0.39, 0.29) is 27.8 Å². The molecule has 0 fully saturated rings. The Morgan fingerprint density at radius 2 is 1.88 bits per heavy atom. The zero-order valence-electron chi connectivity index (χ0n) is 14.6. The van der Waals surface area contributed by atoms with Gasteiger partial charge in [0.25, 0.3) is 5.91 Å². The number of nitrogens with one attached hydrogen (secondary N) is 1. The predicted molar refractivity (Wildman–Crippen MR) is 99.9 cm³/mol. The molecule has 6 heteroatoms. The molecule has 0 aliphatic heterocycles. The number of methoxy groups -OCH3 is 1. The number of benzene rings is 2. The number of amides is 1. The summed E-state index contributed by atoms with van der Waals surface area (Å²) in [5.74, 6) is -0.212. The van der Waals surface area contributed by atoms with Gasteiger partial charge in [-0.1, -0.05) is 44.5 Å². The molecule has 0 spiro atoms. The van der Waals surface area contributed by atoms with E-state index >= 15 is 0 Å². The second-order valence-corrected chi connectivity index (χ2v) is 6.99. The first-order valence-electron chi connectivity index (χ1n) is 7.73. The molecule has 2 aromatic rings. The first-order valence-corrected chi connectivity index (χ1v) is 8.10. The van der Waals surface area contributed by atoms with Gasteiger partial charge in [0.15, 0.2) is 11.5 Å². The van der Waals surface area contributed by atoms with E-state index in [1.54, 1.807) is 18.2 Å². The highest BCUT2D eigenvalue weighted by Crippen LogP contribution is 2.34. The Morgan fingerprint density at radius 3 is 2.44 bits per heavy atom. The lowest BCUT2D eigenvalue weighted by Crippen LogP contribution is -2.18. The number of hydrazone groups is 1. The number of carbonyl (C=O) groups excluding carboxylic acids is 1. The number of aromatic hydroxyl groups is 1. The van der Waals surface area contributed by atoms with Crippen molar-refractivity contribution < 1.29 is 14.6 Å². The van der Waals surface area contributed by atoms with Crippen LogP contribution in [0, 0.1) is 0 Å². The molecular weight excluding hydrogens is 340 g/mol. The first-order chi connectivity index (χ1) is 11.7. The van der Waals surface area contributed by atoms with Crippen LogP contribution in [0.15, 0.2) is 41.5 Å². The number of rotatable bonds is 4. The fourth-order valence-electron chi connectivity index (χ4n) is 2.18. The van der Waals surface area contributed by atoms with Crippen molar-refractivity contribution in [3.05, 3.63) is 58.1 Å². The molecule has 0 unspecified atom stereocenters. The van der Waals surface area contributed by atoms with Gasteiger partial charge in [-0.15, -0.1) is 0 Å². The van der Waals surface area contributed by atoms with Crippen LogP contribution < -0.4 is 10.2 Å². The molecule has 2 rings (SSSR count). The van der Waals surface area contributed by atoms with Crippen LogP contribution in [0.25, 0.3) is 0 Å². The standard InChI is InChI=1S/C19H21ClN2O3/c1-19(2,3)14-7-5-13(6-8-14)18(24)22-21-11-12-9-15(20)17(23)16(10-12)25-4/h5-11,23H,1-4H3,(H,22,24)/b21-11+. The average Bonchev–Trinajstić information content (AvgIpc) is 2.57. The second kappa shape index (κ2) is 7.57. The Hall–Kier alpha value is -2.53. The van der Waals surface area contributed by atoms with Gasteiger partial charge in [-0.25, -0.2) is 5.43 Å². The van der Waals surface area contributed by atoms with Crippen LogP contribution in [0.3, 0.4) is 0 Å². The number of nitrogens with zero attached hydrogens (tertiary/aromatic N) is 1. The van der Waals surface area contributed by atoms with E-state index < -0.39 is 0 Å². The molecule has 0 bridgehead atoms. The SMILES string of the molecule is COc1cc(/C=N/NC(=O)c2ccc(C(C)(C)C)cc2)cc(Cl)c1O. The van der Waals surface area contributed by atoms with E-state index in [0.29, 0.717) is 11.1 Å². The highest BCUT2D eigenvalue weighted by Gasteiger charge is 2.14. The molecule has 0 saturated carbocycles. The Bertz CT molecular complexity index is 794. The lowest BCUT2D eigenvalue weighted by molar-refractivity contribution is 0.0955. The van der Waals surface area contributed by atoms with Crippen LogP contribution in [-0.2, 0) is 5.41 Å². The van der Waals surface area contributed by atoms with E-state index in [2.05, 4.69) is 31.3 Å². The summed E-state index contributed by atoms with van der Waals surface area (Å²) >= 11 is 5.91. The highest BCUT2D eigenvalue weighted by atomic mass is 35.5. The van der Waals surface area contributed by atoms with Crippen LogP contribution in [0.1, 0.15) is 42.3 Å². The van der Waals surface area contributed by atoms with Gasteiger partial charge in [0.05, 0.1) is 18.3 Å². The van der Waals surface area contributed by atoms with Gasteiger partial charge in [0.1, 0.15) is 0 Å². The van der Waals surface area contributed by atoms with Gasteiger partial charge in [-0.05, 0) is 40.8 Å². The third-order valence-electron chi connectivity index (χ3n) is 3.66. The van der Waals surface area contributed by atoms with Crippen molar-refractivity contribution in [2.24, 2.45) is 5.10 Å². The average molecular weight is 361 g/mol. The fourth-order valence-corrected chi connectivity index (χ4v) is 2.39. The van der Waals surface area contributed by atoms with Gasteiger partial charge in [0, 0.05) is 5.56 Å². The van der Waals surface area contributed by atoms with Crippen molar-refractivity contribution in [3.8, 4) is 11.5 Å². The Balaban J connectivity index is 2.07. The zero-order chi connectivity index (χ0) is 18.6. The summed E-state index contributed by atoms with van der Waals surface area (Å²) in [7, 11) is 1.43. The van der Waals surface area contributed by atoms with E-state index in [1.165, 1.54) is 19.4 Å². The molecular formula is C19H21ClN2O3. The molecule has 132 valence electrons. The third-order valence-corrected chi connectivity index (χ3v) is 3.95. The number of phenolic OH excluding ortho intramolecular Hbond substituents is 1. The van der Waals surface area contributed by atoms with Gasteiger partial charge in [-0.3, -0.25) is 4.79 Å². The van der Waals surface area contributed by atoms with E-state index in [9.17, 15) is 9.90 Å². The van der Waals surface area contributed by atoms with Gasteiger partial charge in [0.2, 0.25) is 0 Å². The van der Waals surface area contributed by atoms with Crippen molar-refractivity contribution >= 4 is 23.7 Å². The van der Waals surface area contributed by atoms with Gasteiger partial charge in [-0.2, -0.15) is 5.10 Å². The number of hydrogen-bond acceptors (Lipinski definition) is 4. The minimum atomic E-state index is -0.312. The van der Waals surface area contributed by atoms with Crippen molar-refractivity contribution in [1.82, 2.24) is 5.43 Å². The van der Waals surface area contributed by atoms with Gasteiger partial charge < -0.3 is 9.84 Å². The molecule has 0 aliphatic rings. The Morgan fingerprint density at radius 1 is 1.24 bits per heavy atom. The minimum Gasteiger partial charge on any atom is -0.503 e. The monoisotopic (exact) mass is 360 g/mol. The number of carbonyl (C=O) groups is 1. The number of halogens is 1. The highest BCUT2D eigenvalue weighted by molar-refractivity contribution is 6.32. The molecule has 2 aromatic carbocycles. The molecule has 25 heavy (non-hydrogen) atoms. The molecule has 0 aromatic heterocycles. The molecule has 1 amide bonds. The quantitative estimate of drug-likeness (QED) is 0.636. The lowest BCUT2D eigenvalue weighted by Gasteiger charge is -2.18. The summed E-state index contributed by atoms with van der Waals surface area (Å²) in [6.07, 6.45) is 1.43. The smallest absolute Gasteiger partial charge is 0.271 e. The summed E-state index contributed by atoms with van der Waals surface area (Å²) in [5, 5.41) is 13.8. The summed E-state index contributed by atoms with van der Waals surface area (Å²) < 4.78 is 5.02. The zero-order valence-corrected chi connectivity index (χ0v) is 15.4. The molecule has 0 aliphatic carbocycles. The third kappa shape index (κ3) is 4.73. The molecule has 5 nitrogen and oxygen atoms in total. The molecule has 0 atom stereocenters. The van der Waals surface area contributed by atoms with Crippen molar-refractivity contribution in [3.63, 3.8) is 0 Å². The van der Waals surface area contributed by atoms with Crippen LogP contribution in [-0.4, -0.2) is 24.3 Å². The maximum atomic E-state index is 12.1. The number of hydrogen-bond donors (Lipinski definition) is 2. The molecule has 2 N–H and O–H groups in total. The fraction of sp³-hybridized carbons (Fsp3) is 0.263. The summed E-state index contributed by atoms with van der Waals surface area (Å²) in [6.45, 7) is 6.34. The summed E-state index contributed by atoms with van der Waals surface area (Å²) in [4.78, 5) is 12.1. The van der Waals surface area contributed by atoms with Crippen LogP contribution in [0.5, 0.6) is 11.5 Å².